The molecule has 4 aromatic rings. The van der Waals surface area contributed by atoms with Gasteiger partial charge in [0.25, 0.3) is 0 Å². The number of nitrogens with zero attached hydrogens (tertiary/aromatic N) is 6. The lowest BCUT2D eigenvalue weighted by Crippen LogP contribution is -2.48. The summed E-state index contributed by atoms with van der Waals surface area (Å²) in [5.41, 5.74) is 3.19. The molecule has 9 heteroatoms. The van der Waals surface area contributed by atoms with Crippen LogP contribution < -0.4 is 5.32 Å². The molecule has 1 aliphatic rings. The van der Waals surface area contributed by atoms with Gasteiger partial charge in [-0.1, -0.05) is 0 Å². The Balaban J connectivity index is 1.56. The van der Waals surface area contributed by atoms with Crippen molar-refractivity contribution in [1.29, 1.82) is 0 Å². The number of nitrogens with one attached hydrogen (secondary N) is 1. The van der Waals surface area contributed by atoms with E-state index in [0.29, 0.717) is 19.3 Å². The molecule has 0 aromatic carbocycles. The van der Waals surface area contributed by atoms with Crippen LogP contribution in [0.2, 0.25) is 0 Å². The highest BCUT2D eigenvalue weighted by molar-refractivity contribution is 7.05. The van der Waals surface area contributed by atoms with Crippen molar-refractivity contribution in [3.8, 4) is 5.69 Å². The fourth-order valence-corrected chi connectivity index (χ4v) is 4.70. The molecule has 4 heterocycles. The predicted molar refractivity (Wildman–Crippen MR) is 113 cm³/mol. The number of aliphatic hydroxyl groups is 1. The Bertz CT molecular complexity index is 1180. The van der Waals surface area contributed by atoms with Crippen molar-refractivity contribution in [2.45, 2.75) is 44.8 Å². The number of fused-ring (bicyclic) bond motifs is 1. The van der Waals surface area contributed by atoms with E-state index in [9.17, 15) is 5.11 Å². The standard InChI is InChI=1S/C20H23N7OS/c1-12-6-15(29-25-12)7-17-23-16-4-5-27(14-10-21-26(3)11-14)18(16)19(24-17)22-13-8-20(2,28)9-13/h4-6,10-11,13,28H,7-9H2,1-3H3,(H,22,23,24). The summed E-state index contributed by atoms with van der Waals surface area (Å²) in [6.45, 7) is 3.87. The second kappa shape index (κ2) is 6.64. The monoisotopic (exact) mass is 409 g/mol. The highest BCUT2D eigenvalue weighted by atomic mass is 32.1. The van der Waals surface area contributed by atoms with Crippen LogP contribution in [0.3, 0.4) is 0 Å². The number of aromatic nitrogens is 6. The van der Waals surface area contributed by atoms with Crippen molar-refractivity contribution in [3.63, 3.8) is 0 Å². The van der Waals surface area contributed by atoms with Gasteiger partial charge in [-0.2, -0.15) is 9.47 Å². The van der Waals surface area contributed by atoms with Crippen LogP contribution >= 0.6 is 11.5 Å². The number of hydrogen-bond donors (Lipinski definition) is 2. The van der Waals surface area contributed by atoms with Gasteiger partial charge in [0, 0.05) is 36.8 Å². The summed E-state index contributed by atoms with van der Waals surface area (Å²) < 4.78 is 8.19. The molecule has 0 unspecified atom stereocenters. The van der Waals surface area contributed by atoms with Gasteiger partial charge in [0.1, 0.15) is 11.3 Å². The van der Waals surface area contributed by atoms with E-state index in [1.165, 1.54) is 11.5 Å². The molecule has 0 radical (unpaired) electrons. The lowest BCUT2D eigenvalue weighted by Gasteiger charge is -2.41. The quantitative estimate of drug-likeness (QED) is 0.526. The second-order valence-corrected chi connectivity index (χ2v) is 9.03. The maximum Gasteiger partial charge on any atom is 0.154 e. The van der Waals surface area contributed by atoms with Crippen LogP contribution in [0, 0.1) is 6.92 Å². The molecule has 0 spiro atoms. The molecule has 1 aliphatic carbocycles. The Labute approximate surface area is 172 Å². The van der Waals surface area contributed by atoms with Gasteiger partial charge in [-0.15, -0.1) is 0 Å². The molecule has 1 fully saturated rings. The third-order valence-electron chi connectivity index (χ3n) is 5.27. The smallest absolute Gasteiger partial charge is 0.154 e. The Morgan fingerprint density at radius 2 is 2.17 bits per heavy atom. The van der Waals surface area contributed by atoms with E-state index in [1.54, 1.807) is 4.68 Å². The first-order valence-corrected chi connectivity index (χ1v) is 10.4. The summed E-state index contributed by atoms with van der Waals surface area (Å²) in [6, 6.07) is 4.28. The van der Waals surface area contributed by atoms with E-state index >= 15 is 0 Å². The summed E-state index contributed by atoms with van der Waals surface area (Å²) >= 11 is 1.49. The SMILES string of the molecule is Cc1cc(Cc2nc(NC3CC(C)(O)C3)c3c(ccn3-c3cnn(C)c3)n2)sn1. The van der Waals surface area contributed by atoms with Crippen LogP contribution in [0.1, 0.15) is 36.2 Å². The largest absolute Gasteiger partial charge is 0.390 e. The van der Waals surface area contributed by atoms with Gasteiger partial charge in [0.2, 0.25) is 0 Å². The molecule has 0 atom stereocenters. The molecule has 150 valence electrons. The molecular weight excluding hydrogens is 386 g/mol. The van der Waals surface area contributed by atoms with Gasteiger partial charge >= 0.3 is 0 Å². The average molecular weight is 410 g/mol. The van der Waals surface area contributed by atoms with Gasteiger partial charge < -0.3 is 15.0 Å². The highest BCUT2D eigenvalue weighted by Gasteiger charge is 2.38. The Morgan fingerprint density at radius 3 is 2.83 bits per heavy atom. The zero-order valence-corrected chi connectivity index (χ0v) is 17.4. The topological polar surface area (TPSA) is 93.7 Å². The van der Waals surface area contributed by atoms with E-state index < -0.39 is 5.60 Å². The Kier molecular flexibility index (Phi) is 4.18. The van der Waals surface area contributed by atoms with Crippen LogP contribution in [0.4, 0.5) is 5.82 Å². The van der Waals surface area contributed by atoms with Crippen LogP contribution in [0.15, 0.2) is 30.7 Å². The normalized spacial score (nSPS) is 21.4. The fraction of sp³-hybridized carbons (Fsp3) is 0.400. The molecule has 0 aliphatic heterocycles. The van der Waals surface area contributed by atoms with E-state index in [-0.39, 0.29) is 6.04 Å². The first kappa shape index (κ1) is 18.3. The van der Waals surface area contributed by atoms with E-state index in [0.717, 1.165) is 38.9 Å². The zero-order valence-electron chi connectivity index (χ0n) is 16.6. The van der Waals surface area contributed by atoms with Gasteiger partial charge in [0.15, 0.2) is 5.82 Å². The van der Waals surface area contributed by atoms with E-state index in [4.69, 9.17) is 9.97 Å². The summed E-state index contributed by atoms with van der Waals surface area (Å²) in [5.74, 6) is 1.55. The number of aryl methyl sites for hydroxylation is 2. The Hall–Kier alpha value is -2.78. The van der Waals surface area contributed by atoms with Crippen LogP contribution in [0.25, 0.3) is 16.7 Å². The van der Waals surface area contributed by atoms with Crippen LogP contribution in [-0.2, 0) is 13.5 Å². The first-order chi connectivity index (χ1) is 13.9. The molecule has 0 amide bonds. The van der Waals surface area contributed by atoms with Gasteiger partial charge in [-0.25, -0.2) is 9.97 Å². The minimum absolute atomic E-state index is 0.193. The molecule has 0 bridgehead atoms. The average Bonchev–Trinajstić information content (AvgIpc) is 3.33. The molecular formula is C20H23N7OS. The molecule has 2 N–H and O–H groups in total. The number of anilines is 1. The number of hydrogen-bond acceptors (Lipinski definition) is 7. The first-order valence-electron chi connectivity index (χ1n) is 9.64. The number of rotatable bonds is 5. The second-order valence-electron chi connectivity index (χ2n) is 8.14. The van der Waals surface area contributed by atoms with Gasteiger partial charge in [0.05, 0.1) is 28.7 Å². The van der Waals surface area contributed by atoms with Crippen LogP contribution in [-0.4, -0.2) is 45.4 Å². The summed E-state index contributed by atoms with van der Waals surface area (Å²) in [7, 11) is 1.90. The van der Waals surface area contributed by atoms with E-state index in [2.05, 4.69) is 25.4 Å². The van der Waals surface area contributed by atoms with Gasteiger partial charge in [-0.05, 0) is 50.4 Å². The molecule has 29 heavy (non-hydrogen) atoms. The Morgan fingerprint density at radius 1 is 1.34 bits per heavy atom. The van der Waals surface area contributed by atoms with Crippen LogP contribution in [0.5, 0.6) is 0 Å². The van der Waals surface area contributed by atoms with Crippen molar-refractivity contribution in [2.24, 2.45) is 7.05 Å². The van der Waals surface area contributed by atoms with Crippen molar-refractivity contribution >= 4 is 28.4 Å². The lowest BCUT2D eigenvalue weighted by atomic mass is 9.77. The third kappa shape index (κ3) is 3.51. The minimum Gasteiger partial charge on any atom is -0.390 e. The van der Waals surface area contributed by atoms with Crippen molar-refractivity contribution in [2.75, 3.05) is 5.32 Å². The maximum absolute atomic E-state index is 10.1. The molecule has 0 saturated heterocycles. The zero-order chi connectivity index (χ0) is 20.2. The lowest BCUT2D eigenvalue weighted by molar-refractivity contribution is -0.0234. The summed E-state index contributed by atoms with van der Waals surface area (Å²) in [4.78, 5) is 10.8. The molecule has 1 saturated carbocycles. The minimum atomic E-state index is -0.599. The van der Waals surface area contributed by atoms with Gasteiger partial charge in [-0.3, -0.25) is 4.68 Å². The van der Waals surface area contributed by atoms with E-state index in [1.807, 2.05) is 45.6 Å². The summed E-state index contributed by atoms with van der Waals surface area (Å²) in [5, 5.41) is 18.0. The van der Waals surface area contributed by atoms with Crippen molar-refractivity contribution in [3.05, 3.63) is 47.1 Å². The summed E-state index contributed by atoms with van der Waals surface area (Å²) in [6.07, 6.45) is 7.84. The molecule has 4 aromatic heterocycles. The highest BCUT2D eigenvalue weighted by Crippen LogP contribution is 2.35. The predicted octanol–water partition coefficient (Wildman–Crippen LogP) is 2.84. The molecule has 8 nitrogen and oxygen atoms in total. The fourth-order valence-electron chi connectivity index (χ4n) is 3.97. The molecule has 5 rings (SSSR count). The van der Waals surface area contributed by atoms with Crippen molar-refractivity contribution in [1.82, 2.24) is 28.7 Å². The van der Waals surface area contributed by atoms with Crippen molar-refractivity contribution < 1.29 is 5.11 Å². The maximum atomic E-state index is 10.1. The third-order valence-corrected chi connectivity index (χ3v) is 6.15.